The van der Waals surface area contributed by atoms with Gasteiger partial charge in [0.05, 0.1) is 0 Å². The molecule has 0 radical (unpaired) electrons. The molecule has 0 bridgehead atoms. The third-order valence-electron chi connectivity index (χ3n) is 6.86. The maximum Gasteiger partial charge on any atom is 0.408 e. The zero-order valence-electron chi connectivity index (χ0n) is 25.2. The van der Waals surface area contributed by atoms with Crippen LogP contribution in [0.5, 0.6) is 5.75 Å². The molecule has 2 atom stereocenters. The Morgan fingerprint density at radius 2 is 1.47 bits per heavy atom. The van der Waals surface area contributed by atoms with Gasteiger partial charge in [-0.1, -0.05) is 78.9 Å². The van der Waals surface area contributed by atoms with Crippen LogP contribution in [0.25, 0.3) is 10.8 Å². The molecule has 3 N–H and O–H groups in total. The first-order valence-electron chi connectivity index (χ1n) is 14.4. The number of aromatic hydroxyl groups is 1. The third kappa shape index (κ3) is 8.13. The van der Waals surface area contributed by atoms with E-state index in [1.165, 1.54) is 11.0 Å². The molecular formula is C35H39N3O5. The number of nitrogens with one attached hydrogen (secondary N) is 2. The van der Waals surface area contributed by atoms with Crippen LogP contribution < -0.4 is 10.6 Å². The van der Waals surface area contributed by atoms with Crippen LogP contribution in [-0.4, -0.2) is 45.6 Å². The lowest BCUT2D eigenvalue weighted by Crippen LogP contribution is -2.55. The fraction of sp³-hybridized carbons (Fsp3) is 0.286. The van der Waals surface area contributed by atoms with Gasteiger partial charge in [0.25, 0.3) is 5.91 Å². The number of hydrogen-bond donors (Lipinski definition) is 3. The van der Waals surface area contributed by atoms with E-state index < -0.39 is 41.6 Å². The summed E-state index contributed by atoms with van der Waals surface area (Å²) in [7, 11) is 0. The van der Waals surface area contributed by atoms with E-state index in [0.29, 0.717) is 5.69 Å². The second-order valence-corrected chi connectivity index (χ2v) is 11.7. The van der Waals surface area contributed by atoms with E-state index in [1.54, 1.807) is 58.9 Å². The number of nitrogens with zero attached hydrogens (tertiary/aromatic N) is 1. The van der Waals surface area contributed by atoms with Crippen molar-refractivity contribution in [3.8, 4) is 5.75 Å². The Bertz CT molecular complexity index is 1580. The summed E-state index contributed by atoms with van der Waals surface area (Å²) in [5, 5.41) is 18.6. The smallest absolute Gasteiger partial charge is 0.408 e. The molecule has 4 aromatic rings. The van der Waals surface area contributed by atoms with Crippen LogP contribution in [0.2, 0.25) is 0 Å². The number of rotatable bonds is 9. The molecule has 0 aliphatic carbocycles. The largest absolute Gasteiger partial charge is 0.508 e. The molecule has 0 aliphatic heterocycles. The van der Waals surface area contributed by atoms with Gasteiger partial charge in [0.1, 0.15) is 23.4 Å². The Morgan fingerprint density at radius 1 is 0.837 bits per heavy atom. The molecule has 43 heavy (non-hydrogen) atoms. The van der Waals surface area contributed by atoms with E-state index >= 15 is 0 Å². The molecular weight excluding hydrogens is 542 g/mol. The average Bonchev–Trinajstić information content (AvgIpc) is 2.95. The molecule has 0 aromatic heterocycles. The first kappa shape index (κ1) is 31.1. The Kier molecular flexibility index (Phi) is 9.70. The maximum absolute atomic E-state index is 14.4. The summed E-state index contributed by atoms with van der Waals surface area (Å²) >= 11 is 0. The van der Waals surface area contributed by atoms with E-state index in [1.807, 2.05) is 66.7 Å². The van der Waals surface area contributed by atoms with Crippen LogP contribution >= 0.6 is 0 Å². The van der Waals surface area contributed by atoms with Crippen molar-refractivity contribution in [3.63, 3.8) is 0 Å². The van der Waals surface area contributed by atoms with Crippen LogP contribution in [0.4, 0.5) is 10.5 Å². The summed E-state index contributed by atoms with van der Waals surface area (Å²) < 4.78 is 5.48. The van der Waals surface area contributed by atoms with Crippen LogP contribution in [0.15, 0.2) is 97.1 Å². The van der Waals surface area contributed by atoms with E-state index in [-0.39, 0.29) is 17.7 Å². The molecule has 3 amide bonds. The first-order valence-corrected chi connectivity index (χ1v) is 14.4. The summed E-state index contributed by atoms with van der Waals surface area (Å²) in [4.78, 5) is 42.9. The fourth-order valence-electron chi connectivity index (χ4n) is 4.97. The summed E-state index contributed by atoms with van der Waals surface area (Å²) in [6.45, 7) is 8.81. The predicted octanol–water partition coefficient (Wildman–Crippen LogP) is 6.60. The number of anilines is 1. The Balaban J connectivity index is 1.74. The second kappa shape index (κ2) is 13.4. The summed E-state index contributed by atoms with van der Waals surface area (Å²) in [6.07, 6.45) is -0.577. The lowest BCUT2D eigenvalue weighted by molar-refractivity contribution is -0.143. The van der Waals surface area contributed by atoms with E-state index in [4.69, 9.17) is 4.74 Å². The normalized spacial score (nSPS) is 12.8. The lowest BCUT2D eigenvalue weighted by Gasteiger charge is -2.37. The SMILES string of the molecule is CC(C)N(C(=O)C(Cc1ccccc1)NC(=O)OC(C)(C)C)C(C(=O)Nc1ccc2ccccc2c1)c1ccccc1O. The zero-order chi connectivity index (χ0) is 31.1. The number of amides is 3. The Hall–Kier alpha value is -4.85. The number of fused-ring (bicyclic) bond motifs is 1. The molecule has 224 valence electrons. The molecule has 0 spiro atoms. The molecule has 0 aliphatic rings. The standard InChI is InChI=1S/C35H39N3O5/c1-23(2)38(33(41)29(21-24-13-7-6-8-14-24)37-34(42)43-35(3,4)5)31(28-17-11-12-18-30(28)39)32(40)36-27-20-19-25-15-9-10-16-26(25)22-27/h6-20,22-23,29,31,39H,21H2,1-5H3,(H,36,40)(H,37,42). The maximum atomic E-state index is 14.4. The number of phenols is 1. The van der Waals surface area contributed by atoms with Crippen LogP contribution in [0.1, 0.15) is 51.8 Å². The van der Waals surface area contributed by atoms with Crippen LogP contribution in [-0.2, 0) is 20.7 Å². The molecule has 0 fully saturated rings. The summed E-state index contributed by atoms with van der Waals surface area (Å²) in [5.74, 6) is -1.12. The minimum Gasteiger partial charge on any atom is -0.508 e. The molecule has 0 saturated carbocycles. The summed E-state index contributed by atoms with van der Waals surface area (Å²) in [6, 6.07) is 26.4. The lowest BCUT2D eigenvalue weighted by atomic mass is 9.98. The molecule has 8 heteroatoms. The van der Waals surface area contributed by atoms with E-state index in [9.17, 15) is 19.5 Å². The van der Waals surface area contributed by atoms with Gasteiger partial charge in [-0.25, -0.2) is 4.79 Å². The number of carbonyl (C=O) groups excluding carboxylic acids is 3. The Morgan fingerprint density at radius 3 is 2.12 bits per heavy atom. The van der Waals surface area contributed by atoms with Crippen LogP contribution in [0, 0.1) is 0 Å². The zero-order valence-corrected chi connectivity index (χ0v) is 25.2. The quantitative estimate of drug-likeness (QED) is 0.206. The van der Waals surface area contributed by atoms with Gasteiger partial charge in [-0.2, -0.15) is 0 Å². The molecule has 0 heterocycles. The number of benzene rings is 4. The number of carbonyl (C=O) groups is 3. The molecule has 4 rings (SSSR count). The van der Waals surface area contributed by atoms with Crippen molar-refractivity contribution in [2.24, 2.45) is 0 Å². The second-order valence-electron chi connectivity index (χ2n) is 11.7. The van der Waals surface area contributed by atoms with Crippen molar-refractivity contribution in [1.82, 2.24) is 10.2 Å². The van der Waals surface area contributed by atoms with E-state index in [2.05, 4.69) is 10.6 Å². The first-order chi connectivity index (χ1) is 20.4. The number of alkyl carbamates (subject to hydrolysis) is 1. The predicted molar refractivity (Wildman–Crippen MR) is 169 cm³/mol. The van der Waals surface area contributed by atoms with Crippen molar-refractivity contribution in [2.45, 2.75) is 64.8 Å². The number of para-hydroxylation sites is 1. The van der Waals surface area contributed by atoms with Crippen molar-refractivity contribution < 1.29 is 24.2 Å². The van der Waals surface area contributed by atoms with Gasteiger partial charge >= 0.3 is 6.09 Å². The van der Waals surface area contributed by atoms with Gasteiger partial charge in [0.2, 0.25) is 5.91 Å². The Labute approximate surface area is 252 Å². The van der Waals surface area contributed by atoms with Gasteiger partial charge in [0.15, 0.2) is 0 Å². The van der Waals surface area contributed by atoms with Crippen molar-refractivity contribution >= 4 is 34.4 Å². The highest BCUT2D eigenvalue weighted by Gasteiger charge is 2.39. The van der Waals surface area contributed by atoms with Crippen molar-refractivity contribution in [3.05, 3.63) is 108 Å². The molecule has 2 unspecified atom stereocenters. The molecule has 8 nitrogen and oxygen atoms in total. The van der Waals surface area contributed by atoms with Crippen molar-refractivity contribution in [2.75, 3.05) is 5.32 Å². The van der Waals surface area contributed by atoms with Gasteiger partial charge < -0.3 is 25.4 Å². The van der Waals surface area contributed by atoms with Gasteiger partial charge in [-0.05, 0) is 69.2 Å². The van der Waals surface area contributed by atoms with Gasteiger partial charge in [0, 0.05) is 23.7 Å². The van der Waals surface area contributed by atoms with Gasteiger partial charge in [-0.15, -0.1) is 0 Å². The van der Waals surface area contributed by atoms with E-state index in [0.717, 1.165) is 16.3 Å². The number of ether oxygens (including phenoxy) is 1. The molecule has 4 aromatic carbocycles. The minimum absolute atomic E-state index is 0.126. The minimum atomic E-state index is -1.21. The fourth-order valence-corrected chi connectivity index (χ4v) is 4.97. The van der Waals surface area contributed by atoms with Crippen molar-refractivity contribution in [1.29, 1.82) is 0 Å². The highest BCUT2D eigenvalue weighted by molar-refractivity contribution is 6.01. The summed E-state index contributed by atoms with van der Waals surface area (Å²) in [5.41, 5.74) is 0.854. The molecule has 0 saturated heterocycles. The van der Waals surface area contributed by atoms with Gasteiger partial charge in [-0.3, -0.25) is 9.59 Å². The monoisotopic (exact) mass is 581 g/mol. The topological polar surface area (TPSA) is 108 Å². The highest BCUT2D eigenvalue weighted by Crippen LogP contribution is 2.32. The van der Waals surface area contributed by atoms with Crippen LogP contribution in [0.3, 0.4) is 0 Å². The highest BCUT2D eigenvalue weighted by atomic mass is 16.6. The third-order valence-corrected chi connectivity index (χ3v) is 6.86. The number of phenolic OH excluding ortho intramolecular Hbond substituents is 1. The number of hydrogen-bond acceptors (Lipinski definition) is 5. The average molecular weight is 582 g/mol.